The second kappa shape index (κ2) is 8.94. The Morgan fingerprint density at radius 3 is 2.43 bits per heavy atom. The van der Waals surface area contributed by atoms with Gasteiger partial charge in [-0.15, -0.1) is 0 Å². The second-order valence-electron chi connectivity index (χ2n) is 9.24. The average molecular weight is 494 g/mol. The van der Waals surface area contributed by atoms with Crippen molar-refractivity contribution in [1.29, 1.82) is 0 Å². The molecule has 0 aliphatic rings. The van der Waals surface area contributed by atoms with Crippen LogP contribution in [0.15, 0.2) is 67.0 Å². The van der Waals surface area contributed by atoms with Gasteiger partial charge >= 0.3 is 0 Å². The van der Waals surface area contributed by atoms with E-state index in [2.05, 4.69) is 26.8 Å². The Bertz CT molecular complexity index is 1710. The quantitative estimate of drug-likeness (QED) is 0.309. The standard InChI is InChI=1S/C28H27N7O2/c1-15(2)27(36)32-19-9-6-16(7-10-19)24-22(23-25(29)30-14-31-26(23)35(24)5)17-8-11-20-18(12-17)13-21(33-20)28(37)34(3)4/h6-14,33H,1H2,2-5H3,(H,32,36)(H2,29,30,31). The Hall–Kier alpha value is -4.92. The van der Waals surface area contributed by atoms with Crippen molar-refractivity contribution in [1.82, 2.24) is 24.4 Å². The minimum Gasteiger partial charge on any atom is -0.383 e. The van der Waals surface area contributed by atoms with Crippen LogP contribution in [0.5, 0.6) is 0 Å². The molecule has 4 N–H and O–H groups in total. The minimum atomic E-state index is -0.229. The van der Waals surface area contributed by atoms with Crippen LogP contribution in [0.4, 0.5) is 11.5 Å². The van der Waals surface area contributed by atoms with Crippen LogP contribution in [0.3, 0.4) is 0 Å². The van der Waals surface area contributed by atoms with Crippen molar-refractivity contribution in [2.75, 3.05) is 25.1 Å². The average Bonchev–Trinajstić information content (AvgIpc) is 3.43. The van der Waals surface area contributed by atoms with Gasteiger partial charge in [0.25, 0.3) is 11.8 Å². The molecule has 3 aromatic heterocycles. The van der Waals surface area contributed by atoms with Crippen molar-refractivity contribution in [2.45, 2.75) is 6.92 Å². The first-order valence-electron chi connectivity index (χ1n) is 11.7. The summed E-state index contributed by atoms with van der Waals surface area (Å²) < 4.78 is 1.99. The molecule has 2 amide bonds. The first-order valence-corrected chi connectivity index (χ1v) is 11.7. The summed E-state index contributed by atoms with van der Waals surface area (Å²) in [5.41, 5.74) is 13.2. The van der Waals surface area contributed by atoms with Crippen molar-refractivity contribution in [3.05, 3.63) is 72.7 Å². The Morgan fingerprint density at radius 1 is 1.05 bits per heavy atom. The fourth-order valence-electron chi connectivity index (χ4n) is 4.49. The molecule has 9 heteroatoms. The highest BCUT2D eigenvalue weighted by atomic mass is 16.2. The smallest absolute Gasteiger partial charge is 0.269 e. The van der Waals surface area contributed by atoms with Crippen molar-refractivity contribution in [2.24, 2.45) is 7.05 Å². The number of aryl methyl sites for hydroxylation is 1. The van der Waals surface area contributed by atoms with Crippen LogP contribution in [-0.4, -0.2) is 50.3 Å². The number of nitrogen functional groups attached to an aromatic ring is 1. The number of fused-ring (bicyclic) bond motifs is 2. The summed E-state index contributed by atoms with van der Waals surface area (Å²) >= 11 is 0. The highest BCUT2D eigenvalue weighted by Gasteiger charge is 2.22. The molecule has 0 fully saturated rings. The number of H-pyrrole nitrogens is 1. The first-order chi connectivity index (χ1) is 17.7. The molecule has 3 heterocycles. The zero-order valence-corrected chi connectivity index (χ0v) is 21.1. The number of benzene rings is 2. The molecule has 0 unspecified atom stereocenters. The lowest BCUT2D eigenvalue weighted by molar-refractivity contribution is -0.112. The summed E-state index contributed by atoms with van der Waals surface area (Å²) in [5.74, 6) is 0.0536. The summed E-state index contributed by atoms with van der Waals surface area (Å²) in [7, 11) is 5.38. The van der Waals surface area contributed by atoms with Crippen LogP contribution in [0, 0.1) is 0 Å². The summed E-state index contributed by atoms with van der Waals surface area (Å²) in [6, 6.07) is 15.4. The number of carbonyl (C=O) groups is 2. The lowest BCUT2D eigenvalue weighted by atomic mass is 9.97. The molecule has 2 aromatic carbocycles. The van der Waals surface area contributed by atoms with E-state index in [9.17, 15) is 9.59 Å². The van der Waals surface area contributed by atoms with E-state index in [0.29, 0.717) is 28.4 Å². The molecule has 0 saturated heterocycles. The summed E-state index contributed by atoms with van der Waals surface area (Å²) in [4.78, 5) is 38.0. The summed E-state index contributed by atoms with van der Waals surface area (Å²) in [5, 5.41) is 4.48. The maximum absolute atomic E-state index is 12.5. The zero-order valence-electron chi connectivity index (χ0n) is 21.1. The van der Waals surface area contributed by atoms with E-state index >= 15 is 0 Å². The number of hydrogen-bond acceptors (Lipinski definition) is 5. The number of amides is 2. The van der Waals surface area contributed by atoms with Crippen LogP contribution in [0.25, 0.3) is 44.3 Å². The highest BCUT2D eigenvalue weighted by molar-refractivity contribution is 6.09. The first kappa shape index (κ1) is 23.8. The molecule has 186 valence electrons. The van der Waals surface area contributed by atoms with Crippen molar-refractivity contribution in [3.8, 4) is 22.4 Å². The number of nitrogens with zero attached hydrogens (tertiary/aromatic N) is 4. The van der Waals surface area contributed by atoms with Gasteiger partial charge in [0.1, 0.15) is 23.5 Å². The molecule has 0 atom stereocenters. The lowest BCUT2D eigenvalue weighted by Crippen LogP contribution is -2.21. The van der Waals surface area contributed by atoms with Crippen molar-refractivity contribution in [3.63, 3.8) is 0 Å². The molecular formula is C28H27N7O2. The van der Waals surface area contributed by atoms with Gasteiger partial charge in [0.15, 0.2) is 0 Å². The Kier molecular flexibility index (Phi) is 5.75. The number of rotatable bonds is 5. The normalized spacial score (nSPS) is 11.1. The summed E-state index contributed by atoms with van der Waals surface area (Å²) in [6.45, 7) is 5.35. The fourth-order valence-corrected chi connectivity index (χ4v) is 4.49. The summed E-state index contributed by atoms with van der Waals surface area (Å²) in [6.07, 6.45) is 1.45. The van der Waals surface area contributed by atoms with Crippen LogP contribution in [0.2, 0.25) is 0 Å². The van der Waals surface area contributed by atoms with Gasteiger partial charge in [-0.25, -0.2) is 9.97 Å². The number of nitrogens with two attached hydrogens (primary N) is 1. The maximum atomic E-state index is 12.5. The van der Waals surface area contributed by atoms with Crippen LogP contribution >= 0.6 is 0 Å². The van der Waals surface area contributed by atoms with Gasteiger partial charge in [-0.05, 0) is 48.4 Å². The Balaban J connectivity index is 1.69. The van der Waals surface area contributed by atoms with Crippen molar-refractivity contribution < 1.29 is 9.59 Å². The molecule has 0 aliphatic heterocycles. The number of hydrogen-bond donors (Lipinski definition) is 3. The molecule has 37 heavy (non-hydrogen) atoms. The third kappa shape index (κ3) is 4.10. The molecule has 5 aromatic rings. The van der Waals surface area contributed by atoms with Gasteiger partial charge in [-0.2, -0.15) is 0 Å². The molecule has 0 spiro atoms. The maximum Gasteiger partial charge on any atom is 0.269 e. The van der Waals surface area contributed by atoms with E-state index in [1.165, 1.54) is 11.2 Å². The van der Waals surface area contributed by atoms with Gasteiger partial charge in [0.2, 0.25) is 0 Å². The molecule has 0 saturated carbocycles. The highest BCUT2D eigenvalue weighted by Crippen LogP contribution is 2.42. The number of aromatic nitrogens is 4. The van der Waals surface area contributed by atoms with Crippen LogP contribution in [-0.2, 0) is 11.8 Å². The van der Waals surface area contributed by atoms with Crippen LogP contribution < -0.4 is 11.1 Å². The van der Waals surface area contributed by atoms with E-state index in [1.54, 1.807) is 21.0 Å². The van der Waals surface area contributed by atoms with Crippen molar-refractivity contribution >= 4 is 45.3 Å². The topological polar surface area (TPSA) is 122 Å². The number of carbonyl (C=O) groups excluding carboxylic acids is 2. The van der Waals surface area contributed by atoms with Gasteiger partial charge in [0.05, 0.1) is 11.1 Å². The zero-order chi connectivity index (χ0) is 26.4. The van der Waals surface area contributed by atoms with Gasteiger partial charge in [-0.3, -0.25) is 9.59 Å². The molecule has 5 rings (SSSR count). The van der Waals surface area contributed by atoms with Gasteiger partial charge in [0, 0.05) is 48.9 Å². The predicted octanol–water partition coefficient (Wildman–Crippen LogP) is 4.58. The largest absolute Gasteiger partial charge is 0.383 e. The predicted molar refractivity (Wildman–Crippen MR) is 147 cm³/mol. The van der Waals surface area contributed by atoms with E-state index < -0.39 is 0 Å². The third-order valence-electron chi connectivity index (χ3n) is 6.35. The molecule has 9 nitrogen and oxygen atoms in total. The Morgan fingerprint density at radius 2 is 1.76 bits per heavy atom. The lowest BCUT2D eigenvalue weighted by Gasteiger charge is -2.11. The SMILES string of the molecule is C=C(C)C(=O)Nc1ccc(-c2c(-c3ccc4[nH]c(C(=O)N(C)C)cc4c3)c3c(N)ncnc3n2C)cc1. The number of anilines is 2. The van der Waals surface area contributed by atoms with Crippen LogP contribution in [0.1, 0.15) is 17.4 Å². The number of nitrogens with one attached hydrogen (secondary N) is 2. The number of aromatic amines is 1. The third-order valence-corrected chi connectivity index (χ3v) is 6.35. The van der Waals surface area contributed by atoms with E-state index in [1.807, 2.05) is 60.1 Å². The molecule has 0 radical (unpaired) electrons. The molecule has 0 bridgehead atoms. The van der Waals surface area contributed by atoms with E-state index in [0.717, 1.165) is 38.7 Å². The minimum absolute atomic E-state index is 0.0972. The van der Waals surface area contributed by atoms with Gasteiger partial charge in [-0.1, -0.05) is 24.8 Å². The van der Waals surface area contributed by atoms with E-state index in [-0.39, 0.29) is 11.8 Å². The monoisotopic (exact) mass is 493 g/mol. The molecule has 0 aliphatic carbocycles. The van der Waals surface area contributed by atoms with E-state index in [4.69, 9.17) is 5.73 Å². The second-order valence-corrected chi connectivity index (χ2v) is 9.24. The molecular weight excluding hydrogens is 466 g/mol. The Labute approximate surface area is 213 Å². The fraction of sp³-hybridized carbons (Fsp3) is 0.143. The van der Waals surface area contributed by atoms with Gasteiger partial charge < -0.3 is 25.5 Å².